The quantitative estimate of drug-likeness (QED) is 0.569. The molecule has 0 amide bonds. The molecule has 0 heterocycles. The van der Waals surface area contributed by atoms with Gasteiger partial charge in [0.15, 0.2) is 0 Å². The van der Waals surface area contributed by atoms with E-state index in [0.29, 0.717) is 18.8 Å². The van der Waals surface area contributed by atoms with Gasteiger partial charge >= 0.3 is 0 Å². The van der Waals surface area contributed by atoms with Crippen LogP contribution in [-0.2, 0) is 10.0 Å². The predicted molar refractivity (Wildman–Crippen MR) is 91.1 cm³/mol. The monoisotopic (exact) mass is 363 g/mol. The smallest absolute Gasteiger partial charge is 0.208 e. The van der Waals surface area contributed by atoms with Crippen molar-refractivity contribution in [1.82, 2.24) is 4.72 Å². The van der Waals surface area contributed by atoms with Gasteiger partial charge in [-0.3, -0.25) is 0 Å². The second-order valence-corrected chi connectivity index (χ2v) is 5.77. The topological polar surface area (TPSA) is 127 Å². The summed E-state index contributed by atoms with van der Waals surface area (Å²) in [6.45, 7) is 1.10. The summed E-state index contributed by atoms with van der Waals surface area (Å²) in [4.78, 5) is 1.84. The van der Waals surface area contributed by atoms with E-state index < -0.39 is 10.0 Å². The minimum absolute atomic E-state index is 0. The molecule has 0 aliphatic carbocycles. The molecule has 1 rings (SSSR count). The number of halogens is 2. The molecule has 0 saturated carbocycles. The van der Waals surface area contributed by atoms with Crippen molar-refractivity contribution in [1.29, 1.82) is 0 Å². The molecule has 0 radical (unpaired) electrons. The van der Waals surface area contributed by atoms with Gasteiger partial charge in [0.1, 0.15) is 0 Å². The minimum atomic E-state index is -3.20. The summed E-state index contributed by atoms with van der Waals surface area (Å²) in [5, 5.41) is 9.03. The van der Waals surface area contributed by atoms with Crippen LogP contribution in [-0.4, -0.2) is 51.5 Å². The lowest BCUT2D eigenvalue weighted by atomic mass is 10.2. The normalized spacial score (nSPS) is 9.81. The zero-order valence-electron chi connectivity index (χ0n) is 11.7. The number of benzene rings is 1. The Labute approximate surface area is 137 Å². The SMILES string of the molecule is CS(=O)(=O)NCCN(CCO)c1ccccc1N.Cl.Cl.O. The van der Waals surface area contributed by atoms with Gasteiger partial charge < -0.3 is 21.2 Å². The van der Waals surface area contributed by atoms with Crippen LogP contribution in [0.5, 0.6) is 0 Å². The van der Waals surface area contributed by atoms with Crippen molar-refractivity contribution in [3.05, 3.63) is 24.3 Å². The van der Waals surface area contributed by atoms with Crippen molar-refractivity contribution < 1.29 is 19.0 Å². The average Bonchev–Trinajstić information content (AvgIpc) is 2.27. The van der Waals surface area contributed by atoms with Crippen molar-refractivity contribution in [3.8, 4) is 0 Å². The first kappa shape index (κ1) is 25.2. The maximum absolute atomic E-state index is 11.0. The maximum Gasteiger partial charge on any atom is 0.208 e. The zero-order valence-corrected chi connectivity index (χ0v) is 14.1. The maximum atomic E-state index is 11.0. The highest BCUT2D eigenvalue weighted by Crippen LogP contribution is 2.21. The average molecular weight is 364 g/mol. The molecule has 1 aromatic rings. The van der Waals surface area contributed by atoms with Crippen LogP contribution in [0.25, 0.3) is 0 Å². The first-order chi connectivity index (χ1) is 8.44. The summed E-state index contributed by atoms with van der Waals surface area (Å²) in [5.41, 5.74) is 7.24. The fraction of sp³-hybridized carbons (Fsp3) is 0.455. The fourth-order valence-corrected chi connectivity index (χ4v) is 2.08. The summed E-state index contributed by atoms with van der Waals surface area (Å²) in [7, 11) is -3.20. The highest BCUT2D eigenvalue weighted by Gasteiger charge is 2.09. The third-order valence-electron chi connectivity index (χ3n) is 2.39. The summed E-state index contributed by atoms with van der Waals surface area (Å²) in [5.74, 6) is 0. The number of hydrogen-bond acceptors (Lipinski definition) is 5. The molecular formula is C11H23Cl2N3O4S. The third-order valence-corrected chi connectivity index (χ3v) is 3.12. The van der Waals surface area contributed by atoms with Crippen LogP contribution in [0.15, 0.2) is 24.3 Å². The number of aliphatic hydroxyl groups is 1. The molecule has 0 bridgehead atoms. The van der Waals surface area contributed by atoms with E-state index >= 15 is 0 Å². The molecule has 7 nitrogen and oxygen atoms in total. The molecule has 126 valence electrons. The lowest BCUT2D eigenvalue weighted by Gasteiger charge is -2.25. The zero-order chi connectivity index (χ0) is 13.6. The number of anilines is 2. The number of nitrogens with one attached hydrogen (secondary N) is 1. The molecule has 1 aromatic carbocycles. The summed E-state index contributed by atoms with van der Waals surface area (Å²) in [6, 6.07) is 7.28. The Morgan fingerprint density at radius 2 is 1.81 bits per heavy atom. The van der Waals surface area contributed by atoms with Gasteiger partial charge in [-0.1, -0.05) is 12.1 Å². The van der Waals surface area contributed by atoms with E-state index in [1.807, 2.05) is 23.1 Å². The van der Waals surface area contributed by atoms with Crippen molar-refractivity contribution in [2.24, 2.45) is 0 Å². The number of sulfonamides is 1. The van der Waals surface area contributed by atoms with E-state index in [0.717, 1.165) is 11.9 Å². The molecule has 21 heavy (non-hydrogen) atoms. The Bertz CT molecular complexity index is 488. The molecular weight excluding hydrogens is 341 g/mol. The molecule has 0 aromatic heterocycles. The van der Waals surface area contributed by atoms with Gasteiger partial charge in [-0.15, -0.1) is 24.8 Å². The van der Waals surface area contributed by atoms with Gasteiger partial charge in [-0.25, -0.2) is 13.1 Å². The van der Waals surface area contributed by atoms with E-state index in [4.69, 9.17) is 10.8 Å². The number of nitrogen functional groups attached to an aromatic ring is 1. The van der Waals surface area contributed by atoms with Crippen molar-refractivity contribution in [3.63, 3.8) is 0 Å². The Balaban J connectivity index is -0.00000108. The van der Waals surface area contributed by atoms with Crippen molar-refractivity contribution in [2.75, 3.05) is 43.1 Å². The Kier molecular flexibility index (Phi) is 14.2. The van der Waals surface area contributed by atoms with Crippen LogP contribution in [0.4, 0.5) is 11.4 Å². The van der Waals surface area contributed by atoms with Gasteiger partial charge in [0.25, 0.3) is 0 Å². The van der Waals surface area contributed by atoms with Gasteiger partial charge in [0.05, 0.1) is 24.2 Å². The molecule has 0 atom stereocenters. The Morgan fingerprint density at radius 1 is 1.24 bits per heavy atom. The van der Waals surface area contributed by atoms with Crippen molar-refractivity contribution in [2.45, 2.75) is 0 Å². The standard InChI is InChI=1S/C11H19N3O3S.2ClH.H2O/c1-18(16,17)13-6-7-14(8-9-15)11-5-3-2-4-10(11)12;;;/h2-5,13,15H,6-9,12H2,1H3;2*1H;1H2. The van der Waals surface area contributed by atoms with Gasteiger partial charge in [0, 0.05) is 19.6 Å². The van der Waals surface area contributed by atoms with Gasteiger partial charge in [-0.2, -0.15) is 0 Å². The minimum Gasteiger partial charge on any atom is -0.412 e. The third kappa shape index (κ3) is 9.72. The summed E-state index contributed by atoms with van der Waals surface area (Å²) >= 11 is 0. The van der Waals surface area contributed by atoms with Crippen LogP contribution in [0.1, 0.15) is 0 Å². The number of rotatable bonds is 7. The number of para-hydroxylation sites is 2. The van der Waals surface area contributed by atoms with E-state index in [9.17, 15) is 8.42 Å². The molecule has 0 aliphatic rings. The van der Waals surface area contributed by atoms with Gasteiger partial charge in [0.2, 0.25) is 10.0 Å². The second kappa shape index (κ2) is 11.8. The highest BCUT2D eigenvalue weighted by atomic mass is 35.5. The number of nitrogens with two attached hydrogens (primary N) is 1. The largest absolute Gasteiger partial charge is 0.412 e. The van der Waals surface area contributed by atoms with E-state index in [-0.39, 0.29) is 43.4 Å². The summed E-state index contributed by atoms with van der Waals surface area (Å²) in [6.07, 6.45) is 1.11. The number of nitrogens with zero attached hydrogens (tertiary/aromatic N) is 1. The number of aliphatic hydroxyl groups excluding tert-OH is 1. The Hall–Kier alpha value is -0.770. The lowest BCUT2D eigenvalue weighted by molar-refractivity contribution is 0.302. The van der Waals surface area contributed by atoms with E-state index in [1.165, 1.54) is 0 Å². The molecule has 10 heteroatoms. The fourth-order valence-electron chi connectivity index (χ4n) is 1.61. The number of hydrogen-bond donors (Lipinski definition) is 3. The first-order valence-corrected chi connectivity index (χ1v) is 7.48. The highest BCUT2D eigenvalue weighted by molar-refractivity contribution is 7.88. The molecule has 0 fully saturated rings. The first-order valence-electron chi connectivity index (χ1n) is 5.59. The molecule has 6 N–H and O–H groups in total. The van der Waals surface area contributed by atoms with Crippen LogP contribution < -0.4 is 15.4 Å². The molecule has 0 unspecified atom stereocenters. The van der Waals surface area contributed by atoms with Crippen molar-refractivity contribution >= 4 is 46.2 Å². The van der Waals surface area contributed by atoms with Crippen LogP contribution in [0.3, 0.4) is 0 Å². The van der Waals surface area contributed by atoms with Crippen LogP contribution in [0, 0.1) is 0 Å². The molecule has 0 saturated heterocycles. The van der Waals surface area contributed by atoms with E-state index in [2.05, 4.69) is 4.72 Å². The molecule has 0 spiro atoms. The second-order valence-electron chi connectivity index (χ2n) is 3.94. The van der Waals surface area contributed by atoms with E-state index in [1.54, 1.807) is 6.07 Å². The van der Waals surface area contributed by atoms with Crippen LogP contribution >= 0.6 is 24.8 Å². The summed E-state index contributed by atoms with van der Waals surface area (Å²) < 4.78 is 24.3. The lowest BCUT2D eigenvalue weighted by Crippen LogP contribution is -2.36. The predicted octanol–water partition coefficient (Wildman–Crippen LogP) is -0.364. The van der Waals surface area contributed by atoms with Gasteiger partial charge in [-0.05, 0) is 12.1 Å². The van der Waals surface area contributed by atoms with Crippen LogP contribution in [0.2, 0.25) is 0 Å². The molecule has 0 aliphatic heterocycles. The Morgan fingerprint density at radius 3 is 2.29 bits per heavy atom.